The molecular formula is C33H25BrN2O5. The van der Waals surface area contributed by atoms with Gasteiger partial charge in [-0.2, -0.15) is 0 Å². The first-order chi connectivity index (χ1) is 19.8. The van der Waals surface area contributed by atoms with Gasteiger partial charge in [-0.1, -0.05) is 70.0 Å². The van der Waals surface area contributed by atoms with Gasteiger partial charge in [0.2, 0.25) is 11.8 Å². The average Bonchev–Trinajstić information content (AvgIpc) is 3.25. The predicted octanol–water partition coefficient (Wildman–Crippen LogP) is 6.47. The fourth-order valence-corrected chi connectivity index (χ4v) is 5.74. The van der Waals surface area contributed by atoms with Crippen LogP contribution in [0.15, 0.2) is 89.4 Å². The summed E-state index contributed by atoms with van der Waals surface area (Å²) in [4.78, 5) is 57.9. The second-order valence-corrected chi connectivity index (χ2v) is 11.2. The normalized spacial score (nSPS) is 18.0. The first-order valence-electron chi connectivity index (χ1n) is 13.3. The number of benzene rings is 3. The molecule has 1 fully saturated rings. The lowest BCUT2D eigenvalue weighted by Gasteiger charge is -2.15. The standard InChI is InChI=1S/C33H25BrN2O5/c1-19-6-8-21(9-7-19)30(37)18-41-33(40)27-17-29(35-28-15-12-22(34)16-26(27)28)20-10-13-23(14-11-20)36-31(38)24-4-2-3-5-25(24)32(36)39/h2-3,6-17,24-25H,4-5,18H2,1H3. The van der Waals surface area contributed by atoms with Crippen molar-refractivity contribution in [3.63, 3.8) is 0 Å². The number of rotatable bonds is 6. The Hall–Kier alpha value is -4.43. The zero-order chi connectivity index (χ0) is 28.7. The van der Waals surface area contributed by atoms with Crippen LogP contribution in [0.1, 0.15) is 39.1 Å². The van der Waals surface area contributed by atoms with E-state index in [0.717, 1.165) is 10.0 Å². The van der Waals surface area contributed by atoms with Gasteiger partial charge < -0.3 is 4.74 Å². The Kier molecular flexibility index (Phi) is 7.09. The van der Waals surface area contributed by atoms with Crippen molar-refractivity contribution in [3.8, 4) is 11.3 Å². The van der Waals surface area contributed by atoms with Crippen LogP contribution in [0.5, 0.6) is 0 Å². The maximum Gasteiger partial charge on any atom is 0.339 e. The summed E-state index contributed by atoms with van der Waals surface area (Å²) in [6, 6.07) is 21.1. The van der Waals surface area contributed by atoms with E-state index in [0.29, 0.717) is 46.3 Å². The van der Waals surface area contributed by atoms with Gasteiger partial charge in [0.05, 0.1) is 34.3 Å². The number of carbonyl (C=O) groups excluding carboxylic acids is 4. The van der Waals surface area contributed by atoms with E-state index in [2.05, 4.69) is 15.9 Å². The van der Waals surface area contributed by atoms with Crippen LogP contribution in [-0.4, -0.2) is 35.2 Å². The second kappa shape index (κ2) is 10.9. The van der Waals surface area contributed by atoms with Crippen LogP contribution >= 0.6 is 15.9 Å². The smallest absolute Gasteiger partial charge is 0.339 e. The largest absolute Gasteiger partial charge is 0.454 e. The molecule has 2 atom stereocenters. The van der Waals surface area contributed by atoms with Crippen LogP contribution in [0.25, 0.3) is 22.2 Å². The summed E-state index contributed by atoms with van der Waals surface area (Å²) in [6.07, 6.45) is 5.08. The summed E-state index contributed by atoms with van der Waals surface area (Å²) < 4.78 is 6.22. The average molecular weight is 609 g/mol. The number of hydrogen-bond donors (Lipinski definition) is 0. The third-order valence-corrected chi connectivity index (χ3v) is 8.12. The number of fused-ring (bicyclic) bond motifs is 2. The minimum atomic E-state index is -0.640. The summed E-state index contributed by atoms with van der Waals surface area (Å²) >= 11 is 3.45. The fourth-order valence-electron chi connectivity index (χ4n) is 5.38. The number of esters is 1. The number of pyridine rings is 1. The highest BCUT2D eigenvalue weighted by atomic mass is 79.9. The molecule has 2 unspecified atom stereocenters. The lowest BCUT2D eigenvalue weighted by molar-refractivity contribution is -0.122. The van der Waals surface area contributed by atoms with E-state index in [1.165, 1.54) is 4.90 Å². The minimum Gasteiger partial charge on any atom is -0.454 e. The Balaban J connectivity index is 1.28. The molecule has 1 aliphatic heterocycles. The van der Waals surface area contributed by atoms with Crippen LogP contribution in [0.2, 0.25) is 0 Å². The molecule has 7 nitrogen and oxygen atoms in total. The molecule has 0 radical (unpaired) electrons. The SMILES string of the molecule is Cc1ccc(C(=O)COC(=O)c2cc(-c3ccc(N4C(=O)C5CC=CCC5C4=O)cc3)nc3ccc(Br)cc23)cc1. The molecular weight excluding hydrogens is 584 g/mol. The summed E-state index contributed by atoms with van der Waals surface area (Å²) in [5.41, 5.74) is 4.07. The molecule has 6 rings (SSSR count). The van der Waals surface area contributed by atoms with Gasteiger partial charge in [-0.25, -0.2) is 9.78 Å². The molecule has 4 aromatic rings. The molecule has 3 aromatic carbocycles. The van der Waals surface area contributed by atoms with Crippen molar-refractivity contribution in [2.45, 2.75) is 19.8 Å². The van der Waals surface area contributed by atoms with Gasteiger partial charge in [-0.3, -0.25) is 19.3 Å². The Morgan fingerprint density at radius 2 is 1.56 bits per heavy atom. The number of carbonyl (C=O) groups is 4. The number of ketones is 1. The van der Waals surface area contributed by atoms with E-state index in [-0.39, 0.29) is 41.6 Å². The van der Waals surface area contributed by atoms with E-state index in [1.807, 2.05) is 37.3 Å². The monoisotopic (exact) mass is 608 g/mol. The first kappa shape index (κ1) is 26.8. The Morgan fingerprint density at radius 3 is 2.22 bits per heavy atom. The number of ether oxygens (including phenoxy) is 1. The second-order valence-electron chi connectivity index (χ2n) is 10.3. The van der Waals surface area contributed by atoms with Crippen molar-refractivity contribution in [3.05, 3.63) is 106 Å². The molecule has 0 spiro atoms. The van der Waals surface area contributed by atoms with Gasteiger partial charge in [-0.05, 0) is 56.2 Å². The van der Waals surface area contributed by atoms with Crippen molar-refractivity contribution in [1.82, 2.24) is 4.98 Å². The molecule has 2 heterocycles. The number of aromatic nitrogens is 1. The van der Waals surface area contributed by atoms with Crippen LogP contribution in [0.4, 0.5) is 5.69 Å². The Morgan fingerprint density at radius 1 is 0.902 bits per heavy atom. The topological polar surface area (TPSA) is 93.6 Å². The number of allylic oxidation sites excluding steroid dienone is 2. The molecule has 204 valence electrons. The Labute approximate surface area is 245 Å². The van der Waals surface area contributed by atoms with Crippen molar-refractivity contribution in [2.75, 3.05) is 11.5 Å². The van der Waals surface area contributed by atoms with Crippen molar-refractivity contribution in [2.24, 2.45) is 11.8 Å². The number of hydrogen-bond acceptors (Lipinski definition) is 6. The maximum atomic E-state index is 13.3. The summed E-state index contributed by atoms with van der Waals surface area (Å²) in [7, 11) is 0. The highest BCUT2D eigenvalue weighted by Gasteiger charge is 2.47. The molecule has 2 amide bonds. The summed E-state index contributed by atoms with van der Waals surface area (Å²) in [5, 5.41) is 0.581. The van der Waals surface area contributed by atoms with Gasteiger partial charge in [0.15, 0.2) is 12.4 Å². The highest BCUT2D eigenvalue weighted by molar-refractivity contribution is 9.10. The molecule has 0 bridgehead atoms. The van der Waals surface area contributed by atoms with Gasteiger partial charge in [0.1, 0.15) is 0 Å². The number of nitrogens with zero attached hydrogens (tertiary/aromatic N) is 2. The third kappa shape index (κ3) is 5.11. The van der Waals surface area contributed by atoms with E-state index in [9.17, 15) is 19.2 Å². The zero-order valence-corrected chi connectivity index (χ0v) is 23.8. The first-order valence-corrected chi connectivity index (χ1v) is 14.1. The van der Waals surface area contributed by atoms with Gasteiger partial charge in [0.25, 0.3) is 0 Å². The van der Waals surface area contributed by atoms with Crippen LogP contribution in [-0.2, 0) is 14.3 Å². The van der Waals surface area contributed by atoms with Crippen molar-refractivity contribution < 1.29 is 23.9 Å². The van der Waals surface area contributed by atoms with Crippen molar-refractivity contribution in [1.29, 1.82) is 0 Å². The number of anilines is 1. The lowest BCUT2D eigenvalue weighted by Crippen LogP contribution is -2.30. The van der Waals surface area contributed by atoms with Crippen LogP contribution in [0, 0.1) is 18.8 Å². The number of Topliss-reactive ketones (excluding diaryl/α,β-unsaturated/α-hetero) is 1. The zero-order valence-electron chi connectivity index (χ0n) is 22.2. The molecule has 0 N–H and O–H groups in total. The third-order valence-electron chi connectivity index (χ3n) is 7.63. The molecule has 1 aromatic heterocycles. The molecule has 1 aliphatic carbocycles. The van der Waals surface area contributed by atoms with Crippen molar-refractivity contribution >= 4 is 56.1 Å². The van der Waals surface area contributed by atoms with Gasteiger partial charge in [-0.15, -0.1) is 0 Å². The maximum absolute atomic E-state index is 13.3. The van der Waals surface area contributed by atoms with Gasteiger partial charge in [0, 0.05) is 21.0 Å². The molecule has 0 saturated carbocycles. The van der Waals surface area contributed by atoms with Crippen LogP contribution in [0.3, 0.4) is 0 Å². The van der Waals surface area contributed by atoms with E-state index in [4.69, 9.17) is 9.72 Å². The molecule has 2 aliphatic rings. The number of halogens is 1. The lowest BCUT2D eigenvalue weighted by atomic mass is 9.85. The number of amides is 2. The fraction of sp³-hybridized carbons (Fsp3) is 0.182. The summed E-state index contributed by atoms with van der Waals surface area (Å²) in [5.74, 6) is -1.89. The predicted molar refractivity (Wildman–Crippen MR) is 159 cm³/mol. The summed E-state index contributed by atoms with van der Waals surface area (Å²) in [6.45, 7) is 1.54. The number of imide groups is 1. The molecule has 8 heteroatoms. The quantitative estimate of drug-likeness (QED) is 0.108. The minimum absolute atomic E-state index is 0.170. The highest BCUT2D eigenvalue weighted by Crippen LogP contribution is 2.38. The van der Waals surface area contributed by atoms with E-state index in [1.54, 1.807) is 54.6 Å². The Bertz CT molecular complexity index is 1720. The van der Waals surface area contributed by atoms with E-state index < -0.39 is 5.97 Å². The van der Waals surface area contributed by atoms with E-state index >= 15 is 0 Å². The van der Waals surface area contributed by atoms with Gasteiger partial charge >= 0.3 is 5.97 Å². The van der Waals surface area contributed by atoms with Crippen LogP contribution < -0.4 is 4.90 Å². The number of aryl methyl sites for hydroxylation is 1. The molecule has 41 heavy (non-hydrogen) atoms. The molecule has 1 saturated heterocycles.